The van der Waals surface area contributed by atoms with Crippen molar-refractivity contribution in [1.82, 2.24) is 0 Å². The Morgan fingerprint density at radius 3 is 2.62 bits per heavy atom. The maximum atomic E-state index is 12.0. The van der Waals surface area contributed by atoms with E-state index in [4.69, 9.17) is 23.2 Å². The summed E-state index contributed by atoms with van der Waals surface area (Å²) >= 11 is 12.0. The Morgan fingerprint density at radius 1 is 1.14 bits per heavy atom. The molecule has 0 unspecified atom stereocenters. The molecule has 0 bridgehead atoms. The van der Waals surface area contributed by atoms with Crippen LogP contribution in [0.1, 0.15) is 23.1 Å². The third-order valence-electron chi connectivity index (χ3n) is 3.52. The number of nitrogens with one attached hydrogen (secondary N) is 1. The Morgan fingerprint density at radius 2 is 1.90 bits per heavy atom. The number of carbonyl (C=O) groups is 1. The summed E-state index contributed by atoms with van der Waals surface area (Å²) in [7, 11) is 0. The van der Waals surface area contributed by atoms with E-state index >= 15 is 0 Å². The van der Waals surface area contributed by atoms with Crippen molar-refractivity contribution < 1.29 is 4.79 Å². The molecule has 2 nitrogen and oxygen atoms in total. The molecule has 0 aromatic heterocycles. The summed E-state index contributed by atoms with van der Waals surface area (Å²) in [5.74, 6) is -0.0188. The van der Waals surface area contributed by atoms with Crippen LogP contribution in [0.15, 0.2) is 36.4 Å². The zero-order chi connectivity index (χ0) is 15.4. The maximum absolute atomic E-state index is 12.0. The molecule has 0 atom stereocenters. The van der Waals surface area contributed by atoms with Crippen molar-refractivity contribution in [1.29, 1.82) is 0 Å². The summed E-state index contributed by atoms with van der Waals surface area (Å²) in [6.07, 6.45) is 0.974. The van der Waals surface area contributed by atoms with E-state index in [0.29, 0.717) is 22.9 Å². The third kappa shape index (κ3) is 4.23. The van der Waals surface area contributed by atoms with Crippen LogP contribution in [-0.4, -0.2) is 5.91 Å². The number of amides is 1. The first kappa shape index (κ1) is 15.9. The second-order valence-corrected chi connectivity index (χ2v) is 5.88. The van der Waals surface area contributed by atoms with E-state index in [1.807, 2.05) is 38.1 Å². The number of carbonyl (C=O) groups excluding carboxylic acids is 1. The van der Waals surface area contributed by atoms with Crippen LogP contribution in [0.4, 0.5) is 5.69 Å². The van der Waals surface area contributed by atoms with Crippen molar-refractivity contribution in [2.24, 2.45) is 0 Å². The number of hydrogen-bond donors (Lipinski definition) is 1. The van der Waals surface area contributed by atoms with Crippen LogP contribution < -0.4 is 5.32 Å². The van der Waals surface area contributed by atoms with Crippen LogP contribution in [0, 0.1) is 13.8 Å². The Hall–Kier alpha value is -1.51. The maximum Gasteiger partial charge on any atom is 0.224 e. The molecule has 1 N–H and O–H groups in total. The zero-order valence-corrected chi connectivity index (χ0v) is 13.6. The van der Waals surface area contributed by atoms with E-state index in [1.165, 1.54) is 0 Å². The minimum atomic E-state index is -0.0188. The van der Waals surface area contributed by atoms with Gasteiger partial charge in [-0.3, -0.25) is 4.79 Å². The van der Waals surface area contributed by atoms with Gasteiger partial charge in [-0.15, -0.1) is 0 Å². The molecule has 0 aliphatic carbocycles. The second-order valence-electron chi connectivity index (χ2n) is 5.03. The largest absolute Gasteiger partial charge is 0.326 e. The molecule has 0 spiro atoms. The minimum absolute atomic E-state index is 0.0188. The van der Waals surface area contributed by atoms with Crippen LogP contribution >= 0.6 is 23.2 Å². The fourth-order valence-electron chi connectivity index (χ4n) is 2.07. The molecule has 2 aromatic rings. The first-order chi connectivity index (χ1) is 9.97. The van der Waals surface area contributed by atoms with Gasteiger partial charge in [0.05, 0.1) is 0 Å². The SMILES string of the molecule is Cc1cccc(NC(=O)CCc2ccc(Cl)cc2Cl)c1C. The summed E-state index contributed by atoms with van der Waals surface area (Å²) < 4.78 is 0. The zero-order valence-electron chi connectivity index (χ0n) is 12.0. The Labute approximate surface area is 135 Å². The van der Waals surface area contributed by atoms with Crippen LogP contribution in [0.5, 0.6) is 0 Å². The van der Waals surface area contributed by atoms with Crippen LogP contribution in [0.25, 0.3) is 0 Å². The average Bonchev–Trinajstić information content (AvgIpc) is 2.43. The summed E-state index contributed by atoms with van der Waals surface area (Å²) in [6.45, 7) is 4.03. The molecule has 2 rings (SSSR count). The number of halogens is 2. The van der Waals surface area contributed by atoms with Gasteiger partial charge in [-0.25, -0.2) is 0 Å². The van der Waals surface area contributed by atoms with Gasteiger partial charge in [0.25, 0.3) is 0 Å². The highest BCUT2D eigenvalue weighted by molar-refractivity contribution is 6.35. The summed E-state index contributed by atoms with van der Waals surface area (Å²) in [5.41, 5.74) is 4.04. The van der Waals surface area contributed by atoms with E-state index in [2.05, 4.69) is 5.32 Å². The summed E-state index contributed by atoms with van der Waals surface area (Å²) in [4.78, 5) is 12.0. The van der Waals surface area contributed by atoms with E-state index in [9.17, 15) is 4.79 Å². The molecule has 0 aliphatic rings. The number of anilines is 1. The van der Waals surface area contributed by atoms with Crippen LogP contribution in [0.3, 0.4) is 0 Å². The quantitative estimate of drug-likeness (QED) is 0.825. The van der Waals surface area contributed by atoms with Crippen LogP contribution in [0.2, 0.25) is 10.0 Å². The number of aryl methyl sites for hydroxylation is 2. The molecule has 110 valence electrons. The first-order valence-corrected chi connectivity index (χ1v) is 7.53. The lowest BCUT2D eigenvalue weighted by Gasteiger charge is -2.10. The molecule has 1 amide bonds. The van der Waals surface area contributed by atoms with Crippen molar-refractivity contribution in [2.45, 2.75) is 26.7 Å². The lowest BCUT2D eigenvalue weighted by molar-refractivity contribution is -0.116. The molecular weight excluding hydrogens is 305 g/mol. The van der Waals surface area contributed by atoms with Crippen molar-refractivity contribution in [3.63, 3.8) is 0 Å². The standard InChI is InChI=1S/C17H17Cl2NO/c1-11-4-3-5-16(12(11)2)20-17(21)9-7-13-6-8-14(18)10-15(13)19/h3-6,8,10H,7,9H2,1-2H3,(H,20,21). The van der Waals surface area contributed by atoms with E-state index in [-0.39, 0.29) is 5.91 Å². The third-order valence-corrected chi connectivity index (χ3v) is 4.10. The summed E-state index contributed by atoms with van der Waals surface area (Å²) in [5, 5.41) is 4.14. The van der Waals surface area contributed by atoms with Crippen LogP contribution in [-0.2, 0) is 11.2 Å². The number of benzene rings is 2. The first-order valence-electron chi connectivity index (χ1n) is 6.77. The Balaban J connectivity index is 1.97. The average molecular weight is 322 g/mol. The van der Waals surface area contributed by atoms with Gasteiger partial charge in [0.1, 0.15) is 0 Å². The molecule has 0 fully saturated rings. The summed E-state index contributed by atoms with van der Waals surface area (Å²) in [6, 6.07) is 11.2. The van der Waals surface area contributed by atoms with Crippen molar-refractivity contribution in [3.05, 3.63) is 63.1 Å². The highest BCUT2D eigenvalue weighted by Gasteiger charge is 2.08. The van der Waals surface area contributed by atoms with Gasteiger partial charge in [-0.1, -0.05) is 41.4 Å². The monoisotopic (exact) mass is 321 g/mol. The highest BCUT2D eigenvalue weighted by atomic mass is 35.5. The lowest BCUT2D eigenvalue weighted by atomic mass is 10.1. The van der Waals surface area contributed by atoms with E-state index < -0.39 is 0 Å². The molecule has 2 aromatic carbocycles. The smallest absolute Gasteiger partial charge is 0.224 e. The van der Waals surface area contributed by atoms with Gasteiger partial charge in [-0.2, -0.15) is 0 Å². The fraction of sp³-hybridized carbons (Fsp3) is 0.235. The second kappa shape index (κ2) is 6.97. The predicted molar refractivity (Wildman–Crippen MR) is 89.3 cm³/mol. The number of rotatable bonds is 4. The molecule has 0 heterocycles. The van der Waals surface area contributed by atoms with Crippen molar-refractivity contribution in [2.75, 3.05) is 5.32 Å². The molecule has 21 heavy (non-hydrogen) atoms. The van der Waals surface area contributed by atoms with Gasteiger partial charge in [0, 0.05) is 22.2 Å². The topological polar surface area (TPSA) is 29.1 Å². The number of hydrogen-bond acceptors (Lipinski definition) is 1. The molecule has 4 heteroatoms. The molecule has 0 radical (unpaired) electrons. The highest BCUT2D eigenvalue weighted by Crippen LogP contribution is 2.23. The van der Waals surface area contributed by atoms with Gasteiger partial charge < -0.3 is 5.32 Å². The van der Waals surface area contributed by atoms with Gasteiger partial charge in [0.2, 0.25) is 5.91 Å². The normalized spacial score (nSPS) is 10.5. The lowest BCUT2D eigenvalue weighted by Crippen LogP contribution is -2.13. The predicted octanol–water partition coefficient (Wildman–Crippen LogP) is 5.18. The van der Waals surface area contributed by atoms with Gasteiger partial charge in [0.15, 0.2) is 0 Å². The minimum Gasteiger partial charge on any atom is -0.326 e. The van der Waals surface area contributed by atoms with Gasteiger partial charge in [-0.05, 0) is 55.2 Å². The molecular formula is C17H17Cl2NO. The van der Waals surface area contributed by atoms with E-state index in [1.54, 1.807) is 12.1 Å². The molecule has 0 aliphatic heterocycles. The van der Waals surface area contributed by atoms with Crippen molar-refractivity contribution >= 4 is 34.8 Å². The van der Waals surface area contributed by atoms with Crippen molar-refractivity contribution in [3.8, 4) is 0 Å². The molecule has 0 saturated heterocycles. The molecule has 0 saturated carbocycles. The van der Waals surface area contributed by atoms with Gasteiger partial charge >= 0.3 is 0 Å². The fourth-order valence-corrected chi connectivity index (χ4v) is 2.57. The Bertz CT molecular complexity index is 668. The Kier molecular flexibility index (Phi) is 5.27. The van der Waals surface area contributed by atoms with E-state index in [0.717, 1.165) is 22.4 Å².